The maximum atomic E-state index is 14.1. The van der Waals surface area contributed by atoms with Crippen molar-refractivity contribution in [3.05, 3.63) is 53.3 Å². The van der Waals surface area contributed by atoms with E-state index in [0.29, 0.717) is 17.1 Å². The predicted molar refractivity (Wildman–Crippen MR) is 108 cm³/mol. The summed E-state index contributed by atoms with van der Waals surface area (Å²) in [7, 11) is -2.41. The minimum Gasteiger partial charge on any atom is -0.495 e. The number of hydrogen-bond acceptors (Lipinski definition) is 5. The molecule has 0 bridgehead atoms. The third-order valence-electron chi connectivity index (χ3n) is 4.95. The van der Waals surface area contributed by atoms with Gasteiger partial charge in [-0.15, -0.1) is 11.8 Å². The van der Waals surface area contributed by atoms with Crippen molar-refractivity contribution in [2.75, 3.05) is 12.9 Å². The Kier molecular flexibility index (Phi) is 5.54. The molecule has 2 aromatic carbocycles. The van der Waals surface area contributed by atoms with Crippen molar-refractivity contribution < 1.29 is 22.3 Å². The fourth-order valence-corrected chi connectivity index (χ4v) is 5.93. The number of sulfonamides is 1. The minimum absolute atomic E-state index is 0.0617. The quantitative estimate of drug-likeness (QED) is 0.726. The van der Waals surface area contributed by atoms with Gasteiger partial charge in [0.05, 0.1) is 13.2 Å². The molecule has 2 aliphatic rings. The van der Waals surface area contributed by atoms with E-state index in [0.717, 1.165) is 18.4 Å². The summed E-state index contributed by atoms with van der Waals surface area (Å²) in [6, 6.07) is 8.76. The predicted octanol–water partition coefficient (Wildman–Crippen LogP) is 3.24. The van der Waals surface area contributed by atoms with Crippen molar-refractivity contribution in [1.82, 2.24) is 10.0 Å². The van der Waals surface area contributed by atoms with Gasteiger partial charge in [0.25, 0.3) is 5.91 Å². The molecule has 1 fully saturated rings. The Labute approximate surface area is 173 Å². The maximum Gasteiger partial charge on any atom is 0.251 e. The molecule has 4 rings (SSSR count). The number of nitrogens with one attached hydrogen (secondary N) is 2. The van der Waals surface area contributed by atoms with Crippen LogP contribution in [0.1, 0.15) is 41.2 Å². The first-order valence-corrected chi connectivity index (χ1v) is 11.8. The fraction of sp³-hybridized carbons (Fsp3) is 0.350. The highest BCUT2D eigenvalue weighted by atomic mass is 32.2. The molecule has 154 valence electrons. The highest BCUT2D eigenvalue weighted by Crippen LogP contribution is 2.38. The van der Waals surface area contributed by atoms with Gasteiger partial charge in [-0.1, -0.05) is 12.1 Å². The number of fused-ring (bicyclic) bond motifs is 1. The van der Waals surface area contributed by atoms with E-state index in [4.69, 9.17) is 4.74 Å². The van der Waals surface area contributed by atoms with Gasteiger partial charge in [-0.05, 0) is 49.1 Å². The zero-order valence-corrected chi connectivity index (χ0v) is 17.4. The molecule has 2 N–H and O–H groups in total. The third-order valence-corrected chi connectivity index (χ3v) is 7.65. The first-order chi connectivity index (χ1) is 13.9. The largest absolute Gasteiger partial charge is 0.495 e. The Morgan fingerprint density at radius 3 is 2.72 bits per heavy atom. The molecule has 1 amide bonds. The summed E-state index contributed by atoms with van der Waals surface area (Å²) < 4.78 is 47.2. The summed E-state index contributed by atoms with van der Waals surface area (Å²) >= 11 is 1.43. The molecular weight excluding hydrogens is 415 g/mol. The summed E-state index contributed by atoms with van der Waals surface area (Å²) in [6.07, 6.45) is 2.27. The van der Waals surface area contributed by atoms with Crippen LogP contribution >= 0.6 is 11.8 Å². The highest BCUT2D eigenvalue weighted by Gasteiger charge is 2.31. The number of carbonyl (C=O) groups is 1. The molecule has 1 saturated carbocycles. The molecule has 0 aromatic heterocycles. The number of ether oxygens (including phenoxy) is 1. The van der Waals surface area contributed by atoms with Crippen LogP contribution in [0.5, 0.6) is 5.75 Å². The first-order valence-electron chi connectivity index (χ1n) is 9.31. The Morgan fingerprint density at radius 2 is 2.00 bits per heavy atom. The van der Waals surface area contributed by atoms with Crippen molar-refractivity contribution in [2.45, 2.75) is 41.1 Å². The molecule has 0 radical (unpaired) electrons. The van der Waals surface area contributed by atoms with Gasteiger partial charge in [-0.3, -0.25) is 4.79 Å². The molecule has 29 heavy (non-hydrogen) atoms. The van der Waals surface area contributed by atoms with E-state index in [1.54, 1.807) is 12.1 Å². The van der Waals surface area contributed by atoms with E-state index in [1.165, 1.54) is 43.1 Å². The van der Waals surface area contributed by atoms with E-state index < -0.39 is 15.9 Å². The number of halogens is 1. The van der Waals surface area contributed by atoms with Crippen LogP contribution in [0.15, 0.2) is 46.2 Å². The number of benzene rings is 2. The Bertz CT molecular complexity index is 1050. The molecule has 2 aromatic rings. The smallest absolute Gasteiger partial charge is 0.251 e. The van der Waals surface area contributed by atoms with E-state index in [-0.39, 0.29) is 34.1 Å². The number of thioether (sulfide) groups is 1. The number of hydrogen-bond donors (Lipinski definition) is 2. The lowest BCUT2D eigenvalue weighted by Gasteiger charge is -2.26. The van der Waals surface area contributed by atoms with Gasteiger partial charge >= 0.3 is 0 Å². The van der Waals surface area contributed by atoms with Crippen molar-refractivity contribution in [3.63, 3.8) is 0 Å². The summed E-state index contributed by atoms with van der Waals surface area (Å²) in [6.45, 7) is 0. The van der Waals surface area contributed by atoms with Gasteiger partial charge in [-0.2, -0.15) is 0 Å². The van der Waals surface area contributed by atoms with E-state index in [9.17, 15) is 17.6 Å². The van der Waals surface area contributed by atoms with E-state index in [2.05, 4.69) is 10.0 Å². The number of rotatable bonds is 6. The second-order valence-corrected chi connectivity index (χ2v) is 9.87. The van der Waals surface area contributed by atoms with Crippen molar-refractivity contribution in [3.8, 4) is 5.75 Å². The van der Waals surface area contributed by atoms with Crippen LogP contribution in [-0.4, -0.2) is 33.2 Å². The summed E-state index contributed by atoms with van der Waals surface area (Å²) in [5.74, 6) is 0.154. The lowest BCUT2D eigenvalue weighted by atomic mass is 10.0. The zero-order chi connectivity index (χ0) is 20.6. The number of methoxy groups -OCH3 is 1. The van der Waals surface area contributed by atoms with Crippen LogP contribution in [0, 0.1) is 5.82 Å². The van der Waals surface area contributed by atoms with Crippen molar-refractivity contribution in [1.29, 1.82) is 0 Å². The normalized spacial score (nSPS) is 18.8. The lowest BCUT2D eigenvalue weighted by molar-refractivity contribution is 0.0934. The second kappa shape index (κ2) is 7.97. The molecule has 1 unspecified atom stereocenters. The monoisotopic (exact) mass is 436 g/mol. The molecule has 1 aliphatic heterocycles. The van der Waals surface area contributed by atoms with Gasteiger partial charge in [0.1, 0.15) is 16.5 Å². The average molecular weight is 437 g/mol. The lowest BCUT2D eigenvalue weighted by Crippen LogP contribution is -2.31. The molecule has 1 heterocycles. The van der Waals surface area contributed by atoms with Gasteiger partial charge < -0.3 is 10.1 Å². The Morgan fingerprint density at radius 1 is 1.21 bits per heavy atom. The fourth-order valence-electron chi connectivity index (χ4n) is 3.29. The van der Waals surface area contributed by atoms with Gasteiger partial charge in [0, 0.05) is 22.3 Å². The molecule has 0 spiro atoms. The highest BCUT2D eigenvalue weighted by molar-refractivity contribution is 7.99. The van der Waals surface area contributed by atoms with Crippen LogP contribution in [0.4, 0.5) is 4.39 Å². The topological polar surface area (TPSA) is 84.5 Å². The minimum atomic E-state index is -3.79. The van der Waals surface area contributed by atoms with Crippen molar-refractivity contribution >= 4 is 27.7 Å². The van der Waals surface area contributed by atoms with Gasteiger partial charge in [0.15, 0.2) is 0 Å². The number of amides is 1. The summed E-state index contributed by atoms with van der Waals surface area (Å²) in [4.78, 5) is 13.3. The number of carbonyl (C=O) groups excluding carboxylic acids is 1. The SMILES string of the molecule is COc1ccc(C(=O)NC2CCSc3c(F)cccc32)cc1S(=O)(=O)NC1CC1. The zero-order valence-electron chi connectivity index (χ0n) is 15.8. The van der Waals surface area contributed by atoms with Crippen LogP contribution in [0.25, 0.3) is 0 Å². The molecule has 9 heteroatoms. The average Bonchev–Trinajstić information content (AvgIpc) is 3.51. The Balaban J connectivity index is 1.60. The van der Waals surface area contributed by atoms with Crippen LogP contribution in [-0.2, 0) is 10.0 Å². The van der Waals surface area contributed by atoms with Gasteiger partial charge in [-0.25, -0.2) is 17.5 Å². The molecular formula is C20H21FN2O4S2. The van der Waals surface area contributed by atoms with Gasteiger partial charge in [0.2, 0.25) is 10.0 Å². The summed E-state index contributed by atoms with van der Waals surface area (Å²) in [5, 5.41) is 2.91. The van der Waals surface area contributed by atoms with Crippen molar-refractivity contribution in [2.24, 2.45) is 0 Å². The first kappa shape index (κ1) is 20.2. The molecule has 6 nitrogen and oxygen atoms in total. The molecule has 1 atom stereocenters. The molecule has 1 aliphatic carbocycles. The van der Waals surface area contributed by atoms with Crippen LogP contribution in [0.2, 0.25) is 0 Å². The van der Waals surface area contributed by atoms with E-state index >= 15 is 0 Å². The third kappa shape index (κ3) is 4.26. The maximum absolute atomic E-state index is 14.1. The van der Waals surface area contributed by atoms with Crippen LogP contribution in [0.3, 0.4) is 0 Å². The van der Waals surface area contributed by atoms with Crippen LogP contribution < -0.4 is 14.8 Å². The second-order valence-electron chi connectivity index (χ2n) is 7.08. The summed E-state index contributed by atoms with van der Waals surface area (Å²) in [5.41, 5.74) is 0.949. The standard InChI is InChI=1S/C20H21FN2O4S2/c1-27-17-8-5-12(11-18(17)29(25,26)23-13-6-7-13)20(24)22-16-9-10-28-19-14(16)3-2-4-15(19)21/h2-5,8,11,13,16,23H,6-7,9-10H2,1H3,(H,22,24). The Hall–Kier alpha value is -2.10. The van der Waals surface area contributed by atoms with E-state index in [1.807, 2.05) is 0 Å². The molecule has 0 saturated heterocycles.